The quantitative estimate of drug-likeness (QED) is 0.484. The second-order valence-corrected chi connectivity index (χ2v) is 7.18. The van der Waals surface area contributed by atoms with Crippen LogP contribution >= 0.6 is 0 Å². The van der Waals surface area contributed by atoms with Gasteiger partial charge in [0.1, 0.15) is 23.7 Å². The van der Waals surface area contributed by atoms with Crippen LogP contribution in [-0.4, -0.2) is 72.9 Å². The summed E-state index contributed by atoms with van der Waals surface area (Å²) in [5.41, 5.74) is -0.846. The molecule has 15 heteroatoms. The highest BCUT2D eigenvalue weighted by atomic mass is 19.4. The van der Waals surface area contributed by atoms with Crippen molar-refractivity contribution < 1.29 is 54.2 Å². The van der Waals surface area contributed by atoms with Crippen LogP contribution in [0.2, 0.25) is 0 Å². The Hall–Kier alpha value is -2.84. The van der Waals surface area contributed by atoms with Gasteiger partial charge >= 0.3 is 18.3 Å². The van der Waals surface area contributed by atoms with Crippen molar-refractivity contribution in [2.24, 2.45) is 16.8 Å². The van der Waals surface area contributed by atoms with Crippen molar-refractivity contribution in [1.29, 1.82) is 0 Å². The van der Waals surface area contributed by atoms with Crippen LogP contribution in [0.3, 0.4) is 0 Å². The van der Waals surface area contributed by atoms with E-state index in [1.54, 1.807) is 0 Å². The van der Waals surface area contributed by atoms with Crippen molar-refractivity contribution in [3.05, 3.63) is 23.9 Å². The number of hydrogen-bond donors (Lipinski definition) is 1. The Morgan fingerprint density at radius 3 is 2.36 bits per heavy atom. The molecule has 0 radical (unpaired) electrons. The number of likely N-dealkylation sites (N-methyl/N-ethyl adjacent to an activating group) is 1. The van der Waals surface area contributed by atoms with E-state index in [1.165, 1.54) is 11.4 Å². The number of carbonyl (C=O) groups is 3. The Kier molecular flexibility index (Phi) is 7.36. The number of ether oxygens (including phenoxy) is 1. The van der Waals surface area contributed by atoms with Crippen LogP contribution in [0.5, 0.6) is 0 Å². The molecule has 0 saturated carbocycles. The number of nitrogens with zero attached hydrogens (tertiary/aromatic N) is 2. The topological polar surface area (TPSA) is 88.1 Å². The second-order valence-electron chi connectivity index (χ2n) is 7.18. The third-order valence-electron chi connectivity index (χ3n) is 4.83. The van der Waals surface area contributed by atoms with Crippen LogP contribution in [0.1, 0.15) is 6.92 Å². The fraction of sp³-hybridized carbons (Fsp3) is 0.556. The van der Waals surface area contributed by atoms with Crippen LogP contribution in [0.4, 0.5) is 35.1 Å². The van der Waals surface area contributed by atoms with Crippen molar-refractivity contribution in [3.8, 4) is 0 Å². The molecular formula is C18H17F8N3O4. The molecule has 1 fully saturated rings. The molecule has 1 aliphatic carbocycles. The maximum Gasteiger partial charge on any atom is 0.455 e. The molecule has 3 atom stereocenters. The predicted molar refractivity (Wildman–Crippen MR) is 94.9 cm³/mol. The number of alkyl halides is 8. The van der Waals surface area contributed by atoms with E-state index >= 15 is 0 Å². The maximum atomic E-state index is 13.3. The molecule has 184 valence electrons. The molecule has 0 bridgehead atoms. The summed E-state index contributed by atoms with van der Waals surface area (Å²) in [4.78, 5) is 40.7. The van der Waals surface area contributed by atoms with Crippen molar-refractivity contribution in [3.63, 3.8) is 0 Å². The van der Waals surface area contributed by atoms with E-state index in [9.17, 15) is 49.5 Å². The van der Waals surface area contributed by atoms with Crippen molar-refractivity contribution in [1.82, 2.24) is 10.2 Å². The maximum absolute atomic E-state index is 13.3. The molecule has 1 aliphatic heterocycles. The van der Waals surface area contributed by atoms with Gasteiger partial charge in [-0.25, -0.2) is 4.99 Å². The molecule has 33 heavy (non-hydrogen) atoms. The first-order valence-electron chi connectivity index (χ1n) is 9.15. The first kappa shape index (κ1) is 26.4. The van der Waals surface area contributed by atoms with E-state index in [0.717, 1.165) is 31.0 Å². The predicted octanol–water partition coefficient (Wildman–Crippen LogP) is 2.39. The first-order chi connectivity index (χ1) is 15.0. The molecule has 1 heterocycles. The van der Waals surface area contributed by atoms with E-state index < -0.39 is 72.8 Å². The van der Waals surface area contributed by atoms with Gasteiger partial charge in [0.15, 0.2) is 0 Å². The van der Waals surface area contributed by atoms with Crippen LogP contribution in [0, 0.1) is 11.8 Å². The number of nitrogens with one attached hydrogen (secondary N) is 1. The van der Waals surface area contributed by atoms with Crippen LogP contribution in [-0.2, 0) is 19.1 Å². The fourth-order valence-electron chi connectivity index (χ4n) is 2.84. The molecule has 3 unspecified atom stereocenters. The number of allylic oxidation sites excluding steroid dienone is 2. The summed E-state index contributed by atoms with van der Waals surface area (Å²) in [6.45, 7) is -2.14. The summed E-state index contributed by atoms with van der Waals surface area (Å²) in [7, 11) is 1.11. The summed E-state index contributed by atoms with van der Waals surface area (Å²) in [6.07, 6.45) is -9.18. The first-order valence-corrected chi connectivity index (χ1v) is 9.15. The van der Waals surface area contributed by atoms with Crippen molar-refractivity contribution in [2.75, 3.05) is 20.2 Å². The van der Waals surface area contributed by atoms with Gasteiger partial charge in [-0.3, -0.25) is 14.4 Å². The van der Waals surface area contributed by atoms with Gasteiger partial charge in [-0.1, -0.05) is 12.2 Å². The average Bonchev–Trinajstić information content (AvgIpc) is 2.82. The smallest absolute Gasteiger partial charge is 0.365 e. The van der Waals surface area contributed by atoms with Gasteiger partial charge in [-0.05, 0) is 13.0 Å². The van der Waals surface area contributed by atoms with Crippen LogP contribution in [0.15, 0.2) is 28.9 Å². The SMILES string of the molecule is CC(C(=O)N=C1COC2C(=CC=CC2C(F)(F)F)N(C)C1=O)C(=O)NCC(F)(F)C(F)(F)F. The number of amides is 3. The molecular weight excluding hydrogens is 474 g/mol. The van der Waals surface area contributed by atoms with Gasteiger partial charge < -0.3 is 15.0 Å². The van der Waals surface area contributed by atoms with Gasteiger partial charge in [0.05, 0.1) is 18.8 Å². The summed E-state index contributed by atoms with van der Waals surface area (Å²) in [5, 5.41) is 1.27. The second kappa shape index (κ2) is 9.19. The summed E-state index contributed by atoms with van der Waals surface area (Å²) in [6, 6.07) is 0. The molecule has 1 N–H and O–H groups in total. The minimum absolute atomic E-state index is 0.164. The summed E-state index contributed by atoms with van der Waals surface area (Å²) >= 11 is 0. The van der Waals surface area contributed by atoms with E-state index in [4.69, 9.17) is 4.74 Å². The Bertz CT molecular complexity index is 907. The lowest BCUT2D eigenvalue weighted by atomic mass is 9.93. The van der Waals surface area contributed by atoms with Crippen LogP contribution in [0.25, 0.3) is 0 Å². The van der Waals surface area contributed by atoms with E-state index in [-0.39, 0.29) is 5.70 Å². The lowest BCUT2D eigenvalue weighted by molar-refractivity contribution is -0.278. The molecule has 0 aromatic carbocycles. The molecule has 7 nitrogen and oxygen atoms in total. The number of rotatable bonds is 4. The Labute approximate surface area is 181 Å². The fourth-order valence-corrected chi connectivity index (χ4v) is 2.84. The zero-order chi connectivity index (χ0) is 25.4. The largest absolute Gasteiger partial charge is 0.455 e. The molecule has 2 aliphatic rings. The summed E-state index contributed by atoms with van der Waals surface area (Å²) in [5.74, 6) is -13.2. The van der Waals surface area contributed by atoms with Crippen LogP contribution < -0.4 is 5.32 Å². The minimum Gasteiger partial charge on any atom is -0.365 e. The highest BCUT2D eigenvalue weighted by Crippen LogP contribution is 2.38. The van der Waals surface area contributed by atoms with Gasteiger partial charge in [0, 0.05) is 7.05 Å². The molecule has 0 spiro atoms. The molecule has 3 amide bonds. The highest BCUT2D eigenvalue weighted by Gasteiger charge is 2.57. The molecule has 1 saturated heterocycles. The Balaban J connectivity index is 2.16. The Morgan fingerprint density at radius 1 is 1.21 bits per heavy atom. The normalized spacial score (nSPS) is 24.2. The number of fused-ring (bicyclic) bond motifs is 1. The molecule has 0 aromatic heterocycles. The Morgan fingerprint density at radius 2 is 1.82 bits per heavy atom. The lowest BCUT2D eigenvalue weighted by Crippen LogP contribution is -2.48. The third kappa shape index (κ3) is 5.75. The van der Waals surface area contributed by atoms with Gasteiger partial charge in [0.2, 0.25) is 5.91 Å². The zero-order valence-corrected chi connectivity index (χ0v) is 16.9. The number of hydrogen-bond acceptors (Lipinski definition) is 4. The number of carbonyl (C=O) groups excluding carboxylic acids is 3. The average molecular weight is 491 g/mol. The van der Waals surface area contributed by atoms with Gasteiger partial charge in [-0.15, -0.1) is 0 Å². The lowest BCUT2D eigenvalue weighted by Gasteiger charge is -2.32. The summed E-state index contributed by atoms with van der Waals surface area (Å²) < 4.78 is 107. The number of halogens is 8. The highest BCUT2D eigenvalue weighted by molar-refractivity contribution is 6.41. The van der Waals surface area contributed by atoms with E-state index in [0.29, 0.717) is 0 Å². The van der Waals surface area contributed by atoms with E-state index in [2.05, 4.69) is 4.99 Å². The van der Waals surface area contributed by atoms with Gasteiger partial charge in [0.25, 0.3) is 11.8 Å². The standard InChI is InChI=1S/C18H17F8N3O4/c1-8(13(30)27-7-16(19,20)18(24,25)26)14(31)28-10-6-33-12-9(17(21,22)23)4-3-5-11(12)29(2)15(10)32/h3-5,8-9,12H,6-7H2,1-2H3,(H,27,30). The van der Waals surface area contributed by atoms with Crippen molar-refractivity contribution in [2.45, 2.75) is 31.3 Å². The monoisotopic (exact) mass is 491 g/mol. The zero-order valence-electron chi connectivity index (χ0n) is 16.9. The third-order valence-corrected chi connectivity index (χ3v) is 4.83. The van der Waals surface area contributed by atoms with Gasteiger partial charge in [-0.2, -0.15) is 35.1 Å². The minimum atomic E-state index is -5.93. The molecule has 2 rings (SSSR count). The number of aliphatic imine (C=N–C) groups is 1. The van der Waals surface area contributed by atoms with E-state index in [1.807, 2.05) is 0 Å². The molecule has 0 aromatic rings. The van der Waals surface area contributed by atoms with Crippen molar-refractivity contribution >= 4 is 23.4 Å².